The molecule has 0 spiro atoms. The van der Waals surface area contributed by atoms with Crippen LogP contribution in [0.1, 0.15) is 23.0 Å². The largest absolute Gasteiger partial charge is 0.478 e. The number of carbonyl (C=O) groups is 2. The highest BCUT2D eigenvalue weighted by Gasteiger charge is 2.15. The lowest BCUT2D eigenvalue weighted by atomic mass is 10.3. The highest BCUT2D eigenvalue weighted by atomic mass is 32.2. The van der Waals surface area contributed by atoms with Crippen molar-refractivity contribution in [2.75, 3.05) is 12.4 Å². The number of hydrogen-bond acceptors (Lipinski definition) is 5. The minimum Gasteiger partial charge on any atom is -0.478 e. The van der Waals surface area contributed by atoms with Crippen LogP contribution in [-0.2, 0) is 22.3 Å². The van der Waals surface area contributed by atoms with Crippen LogP contribution in [0.25, 0.3) is 0 Å². The average molecular weight is 258 g/mol. The number of rotatable bonds is 6. The first kappa shape index (κ1) is 13.6. The van der Waals surface area contributed by atoms with E-state index in [-0.39, 0.29) is 17.3 Å². The van der Waals surface area contributed by atoms with Crippen molar-refractivity contribution < 1.29 is 19.4 Å². The molecule has 0 fully saturated rings. The molecule has 0 bridgehead atoms. The normalized spacial score (nSPS) is 10.2. The zero-order chi connectivity index (χ0) is 12.8. The Hall–Kier alpha value is -1.50. The summed E-state index contributed by atoms with van der Waals surface area (Å²) in [5, 5.41) is 12.8. The molecule has 94 valence electrons. The fourth-order valence-corrected chi connectivity index (χ4v) is 2.13. The highest BCUT2D eigenvalue weighted by Crippen LogP contribution is 2.16. The van der Waals surface area contributed by atoms with Gasteiger partial charge in [0.05, 0.1) is 24.3 Å². The van der Waals surface area contributed by atoms with E-state index >= 15 is 0 Å². The van der Waals surface area contributed by atoms with Gasteiger partial charge in [-0.15, -0.1) is 11.8 Å². The molecule has 17 heavy (non-hydrogen) atoms. The Kier molecular flexibility index (Phi) is 5.02. The van der Waals surface area contributed by atoms with E-state index in [4.69, 9.17) is 9.84 Å². The van der Waals surface area contributed by atoms with E-state index in [2.05, 4.69) is 5.10 Å². The maximum Gasteiger partial charge on any atom is 0.339 e. The molecule has 0 radical (unpaired) electrons. The second-order valence-electron chi connectivity index (χ2n) is 3.23. The summed E-state index contributed by atoms with van der Waals surface area (Å²) in [5.41, 5.74) is 0.760. The van der Waals surface area contributed by atoms with Gasteiger partial charge in [0.15, 0.2) is 0 Å². The van der Waals surface area contributed by atoms with Crippen LogP contribution in [0.4, 0.5) is 0 Å². The SMILES string of the molecule is CCOC(=O)CSCc1c(C(=O)O)cnn1C. The molecule has 1 aromatic rings. The summed E-state index contributed by atoms with van der Waals surface area (Å²) in [4.78, 5) is 22.0. The van der Waals surface area contributed by atoms with Gasteiger partial charge in [0, 0.05) is 12.8 Å². The molecule has 0 atom stereocenters. The summed E-state index contributed by atoms with van der Waals surface area (Å²) < 4.78 is 6.27. The first-order valence-electron chi connectivity index (χ1n) is 5.03. The number of hydrogen-bond donors (Lipinski definition) is 1. The van der Waals surface area contributed by atoms with Gasteiger partial charge >= 0.3 is 11.9 Å². The molecular formula is C10H14N2O4S. The maximum atomic E-state index is 11.1. The fraction of sp³-hybridized carbons (Fsp3) is 0.500. The molecule has 0 saturated heterocycles. The molecular weight excluding hydrogens is 244 g/mol. The van der Waals surface area contributed by atoms with Crippen LogP contribution < -0.4 is 0 Å². The third-order valence-corrected chi connectivity index (χ3v) is 2.97. The van der Waals surface area contributed by atoms with E-state index in [1.54, 1.807) is 14.0 Å². The van der Waals surface area contributed by atoms with Gasteiger partial charge < -0.3 is 9.84 Å². The van der Waals surface area contributed by atoms with E-state index in [1.165, 1.54) is 22.6 Å². The third-order valence-electron chi connectivity index (χ3n) is 2.06. The van der Waals surface area contributed by atoms with E-state index in [1.807, 2.05) is 0 Å². The summed E-state index contributed by atoms with van der Waals surface area (Å²) >= 11 is 1.31. The van der Waals surface area contributed by atoms with Crippen LogP contribution in [-0.4, -0.2) is 39.2 Å². The monoisotopic (exact) mass is 258 g/mol. The Balaban J connectivity index is 2.54. The zero-order valence-corrected chi connectivity index (χ0v) is 10.5. The first-order chi connectivity index (χ1) is 8.06. The molecule has 6 nitrogen and oxygen atoms in total. The second-order valence-corrected chi connectivity index (χ2v) is 4.22. The van der Waals surface area contributed by atoms with Gasteiger partial charge in [0.2, 0.25) is 0 Å². The summed E-state index contributed by atoms with van der Waals surface area (Å²) in [7, 11) is 1.67. The molecule has 1 N–H and O–H groups in total. The second kappa shape index (κ2) is 6.29. The number of thioether (sulfide) groups is 1. The van der Waals surface area contributed by atoms with Gasteiger partial charge in [-0.3, -0.25) is 9.48 Å². The first-order valence-corrected chi connectivity index (χ1v) is 6.19. The predicted molar refractivity (Wildman–Crippen MR) is 63.0 cm³/mol. The molecule has 1 rings (SSSR count). The number of ether oxygens (including phenoxy) is 1. The van der Waals surface area contributed by atoms with Crippen molar-refractivity contribution in [1.29, 1.82) is 0 Å². The predicted octanol–water partition coefficient (Wildman–Crippen LogP) is 0.915. The summed E-state index contributed by atoms with van der Waals surface area (Å²) in [5.74, 6) is -0.684. The van der Waals surface area contributed by atoms with Crippen LogP contribution in [0.15, 0.2) is 6.20 Å². The average Bonchev–Trinajstić information content (AvgIpc) is 2.61. The van der Waals surface area contributed by atoms with Crippen molar-refractivity contribution in [2.24, 2.45) is 7.05 Å². The van der Waals surface area contributed by atoms with E-state index < -0.39 is 5.97 Å². The quantitative estimate of drug-likeness (QED) is 0.764. The van der Waals surface area contributed by atoms with E-state index in [9.17, 15) is 9.59 Å². The number of nitrogens with zero attached hydrogens (tertiary/aromatic N) is 2. The molecule has 0 saturated carbocycles. The van der Waals surface area contributed by atoms with Gasteiger partial charge in [0.25, 0.3) is 0 Å². The number of carbonyl (C=O) groups excluding carboxylic acids is 1. The Bertz CT molecular complexity index is 416. The number of aryl methyl sites for hydroxylation is 1. The van der Waals surface area contributed by atoms with Crippen molar-refractivity contribution >= 4 is 23.7 Å². The van der Waals surface area contributed by atoms with Crippen molar-refractivity contribution in [3.05, 3.63) is 17.5 Å². The molecule has 1 heterocycles. The topological polar surface area (TPSA) is 81.4 Å². The van der Waals surface area contributed by atoms with Crippen molar-refractivity contribution in [1.82, 2.24) is 9.78 Å². The Morgan fingerprint density at radius 1 is 1.59 bits per heavy atom. The molecule has 0 aliphatic rings. The van der Waals surface area contributed by atoms with E-state index in [0.29, 0.717) is 18.1 Å². The molecule has 1 aromatic heterocycles. The number of carboxylic acids is 1. The van der Waals surface area contributed by atoms with E-state index in [0.717, 1.165) is 0 Å². The molecule has 0 aromatic carbocycles. The molecule has 0 amide bonds. The molecule has 0 aliphatic heterocycles. The Labute approximate surface area is 103 Å². The maximum absolute atomic E-state index is 11.1. The van der Waals surface area contributed by atoms with Crippen molar-refractivity contribution in [2.45, 2.75) is 12.7 Å². The summed E-state index contributed by atoms with van der Waals surface area (Å²) in [6.45, 7) is 2.09. The summed E-state index contributed by atoms with van der Waals surface area (Å²) in [6.07, 6.45) is 1.31. The van der Waals surface area contributed by atoms with Gasteiger partial charge in [-0.25, -0.2) is 4.79 Å². The minimum absolute atomic E-state index is 0.170. The fourth-order valence-electron chi connectivity index (χ4n) is 1.25. The summed E-state index contributed by atoms with van der Waals surface area (Å²) in [6, 6.07) is 0. The molecule has 0 unspecified atom stereocenters. The van der Waals surface area contributed by atoms with Crippen LogP contribution in [0, 0.1) is 0 Å². The number of aromatic nitrogens is 2. The lowest BCUT2D eigenvalue weighted by Gasteiger charge is -2.04. The minimum atomic E-state index is -1.01. The standard InChI is InChI=1S/C10H14N2O4S/c1-3-16-9(13)6-17-5-8-7(10(14)15)4-11-12(8)2/h4H,3,5-6H2,1-2H3,(H,14,15). The van der Waals surface area contributed by atoms with Crippen LogP contribution in [0.2, 0.25) is 0 Å². The van der Waals surface area contributed by atoms with Crippen LogP contribution in [0.3, 0.4) is 0 Å². The smallest absolute Gasteiger partial charge is 0.339 e. The number of aromatic carboxylic acids is 1. The Morgan fingerprint density at radius 2 is 2.29 bits per heavy atom. The van der Waals surface area contributed by atoms with Crippen LogP contribution in [0.5, 0.6) is 0 Å². The van der Waals surface area contributed by atoms with Gasteiger partial charge in [-0.2, -0.15) is 5.10 Å². The Morgan fingerprint density at radius 3 is 2.88 bits per heavy atom. The number of carboxylic acid groups (broad SMARTS) is 1. The van der Waals surface area contributed by atoms with Gasteiger partial charge in [-0.1, -0.05) is 0 Å². The molecule has 0 aliphatic carbocycles. The van der Waals surface area contributed by atoms with Crippen LogP contribution >= 0.6 is 11.8 Å². The molecule has 7 heteroatoms. The third kappa shape index (κ3) is 3.77. The van der Waals surface area contributed by atoms with Crippen molar-refractivity contribution in [3.8, 4) is 0 Å². The number of esters is 1. The van der Waals surface area contributed by atoms with Gasteiger partial charge in [-0.05, 0) is 6.92 Å². The van der Waals surface area contributed by atoms with Gasteiger partial charge in [0.1, 0.15) is 5.56 Å². The lowest BCUT2D eigenvalue weighted by Crippen LogP contribution is -2.08. The highest BCUT2D eigenvalue weighted by molar-refractivity contribution is 7.99. The lowest BCUT2D eigenvalue weighted by molar-refractivity contribution is -0.139. The zero-order valence-electron chi connectivity index (χ0n) is 9.67. The van der Waals surface area contributed by atoms with Crippen molar-refractivity contribution in [3.63, 3.8) is 0 Å².